The van der Waals surface area contributed by atoms with E-state index in [-0.39, 0.29) is 0 Å². The van der Waals surface area contributed by atoms with E-state index in [0.29, 0.717) is 24.0 Å². The molecule has 0 amide bonds. The lowest BCUT2D eigenvalue weighted by Gasteiger charge is -2.13. The molecule has 0 aliphatic carbocycles. The predicted molar refractivity (Wildman–Crippen MR) is 78.6 cm³/mol. The van der Waals surface area contributed by atoms with Crippen molar-refractivity contribution in [3.63, 3.8) is 0 Å². The number of anilines is 3. The van der Waals surface area contributed by atoms with Crippen LogP contribution >= 0.6 is 0 Å². The SMILES string of the molecule is CCOc1ncnc(Nc2ccc(OC)cc2C)c1N. The van der Waals surface area contributed by atoms with Gasteiger partial charge in [0.2, 0.25) is 5.88 Å². The highest BCUT2D eigenvalue weighted by Gasteiger charge is 2.10. The number of methoxy groups -OCH3 is 1. The molecule has 0 saturated heterocycles. The minimum atomic E-state index is 0.385. The van der Waals surface area contributed by atoms with Gasteiger partial charge in [-0.25, -0.2) is 4.98 Å². The summed E-state index contributed by atoms with van der Waals surface area (Å²) in [6, 6.07) is 5.72. The highest BCUT2D eigenvalue weighted by atomic mass is 16.5. The third kappa shape index (κ3) is 2.90. The molecular formula is C14H18N4O2. The minimum absolute atomic E-state index is 0.385. The van der Waals surface area contributed by atoms with Gasteiger partial charge < -0.3 is 20.5 Å². The molecule has 0 unspecified atom stereocenters. The van der Waals surface area contributed by atoms with Crippen LogP contribution in [0, 0.1) is 6.92 Å². The molecule has 20 heavy (non-hydrogen) atoms. The van der Waals surface area contributed by atoms with Gasteiger partial charge in [-0.05, 0) is 37.6 Å². The second kappa shape index (κ2) is 6.10. The fourth-order valence-electron chi connectivity index (χ4n) is 1.76. The second-order valence-electron chi connectivity index (χ2n) is 4.18. The van der Waals surface area contributed by atoms with Crippen LogP contribution in [0.2, 0.25) is 0 Å². The van der Waals surface area contributed by atoms with E-state index >= 15 is 0 Å². The molecule has 0 atom stereocenters. The number of hydrogen-bond donors (Lipinski definition) is 2. The maximum atomic E-state index is 5.99. The Morgan fingerprint density at radius 1 is 1.30 bits per heavy atom. The summed E-state index contributed by atoms with van der Waals surface area (Å²) in [6.07, 6.45) is 1.42. The van der Waals surface area contributed by atoms with Crippen molar-refractivity contribution < 1.29 is 9.47 Å². The Morgan fingerprint density at radius 3 is 2.75 bits per heavy atom. The van der Waals surface area contributed by atoms with Gasteiger partial charge >= 0.3 is 0 Å². The predicted octanol–water partition coefficient (Wildman–Crippen LogP) is 2.52. The first-order valence-corrected chi connectivity index (χ1v) is 6.30. The van der Waals surface area contributed by atoms with Gasteiger partial charge in [-0.1, -0.05) is 0 Å². The molecule has 2 aromatic rings. The van der Waals surface area contributed by atoms with E-state index < -0.39 is 0 Å². The monoisotopic (exact) mass is 274 g/mol. The van der Waals surface area contributed by atoms with E-state index in [4.69, 9.17) is 15.2 Å². The molecule has 0 saturated carbocycles. The van der Waals surface area contributed by atoms with Crippen molar-refractivity contribution in [2.45, 2.75) is 13.8 Å². The Morgan fingerprint density at radius 2 is 2.10 bits per heavy atom. The third-order valence-corrected chi connectivity index (χ3v) is 2.82. The first kappa shape index (κ1) is 13.9. The lowest BCUT2D eigenvalue weighted by molar-refractivity contribution is 0.328. The standard InChI is InChI=1S/C14H18N4O2/c1-4-20-14-12(15)13(16-8-17-14)18-11-6-5-10(19-3)7-9(11)2/h5-8H,4,15H2,1-3H3,(H,16,17,18). The fraction of sp³-hybridized carbons (Fsp3) is 0.286. The van der Waals surface area contributed by atoms with Crippen LogP contribution < -0.4 is 20.5 Å². The number of rotatable bonds is 5. The van der Waals surface area contributed by atoms with Crippen LogP contribution in [0.4, 0.5) is 17.2 Å². The molecule has 1 aromatic carbocycles. The molecule has 0 aliphatic rings. The molecule has 6 heteroatoms. The Labute approximate surface area is 118 Å². The largest absolute Gasteiger partial charge is 0.497 e. The molecule has 6 nitrogen and oxygen atoms in total. The van der Waals surface area contributed by atoms with Crippen LogP contribution in [0.1, 0.15) is 12.5 Å². The molecule has 0 fully saturated rings. The van der Waals surface area contributed by atoms with E-state index in [1.165, 1.54) is 6.33 Å². The summed E-state index contributed by atoms with van der Waals surface area (Å²) in [5.74, 6) is 1.71. The summed E-state index contributed by atoms with van der Waals surface area (Å²) >= 11 is 0. The second-order valence-corrected chi connectivity index (χ2v) is 4.18. The number of hydrogen-bond acceptors (Lipinski definition) is 6. The highest BCUT2D eigenvalue weighted by molar-refractivity contribution is 5.73. The summed E-state index contributed by atoms with van der Waals surface area (Å²) in [7, 11) is 1.64. The van der Waals surface area contributed by atoms with Crippen molar-refractivity contribution in [2.75, 3.05) is 24.8 Å². The minimum Gasteiger partial charge on any atom is -0.497 e. The van der Waals surface area contributed by atoms with Crippen molar-refractivity contribution in [2.24, 2.45) is 0 Å². The lowest BCUT2D eigenvalue weighted by Crippen LogP contribution is -2.05. The molecule has 2 rings (SSSR count). The molecule has 0 bridgehead atoms. The number of nitrogens with zero attached hydrogens (tertiary/aromatic N) is 2. The van der Waals surface area contributed by atoms with E-state index in [2.05, 4.69) is 15.3 Å². The van der Waals surface area contributed by atoms with Crippen molar-refractivity contribution in [3.8, 4) is 11.6 Å². The van der Waals surface area contributed by atoms with Crippen LogP contribution in [0.5, 0.6) is 11.6 Å². The van der Waals surface area contributed by atoms with Gasteiger partial charge in [-0.15, -0.1) is 0 Å². The number of benzene rings is 1. The topological polar surface area (TPSA) is 82.3 Å². The summed E-state index contributed by atoms with van der Waals surface area (Å²) in [5, 5.41) is 3.18. The first-order valence-electron chi connectivity index (χ1n) is 6.30. The zero-order valence-corrected chi connectivity index (χ0v) is 11.8. The van der Waals surface area contributed by atoms with E-state index in [1.807, 2.05) is 32.0 Å². The third-order valence-electron chi connectivity index (χ3n) is 2.82. The van der Waals surface area contributed by atoms with Crippen molar-refractivity contribution in [1.82, 2.24) is 9.97 Å². The quantitative estimate of drug-likeness (QED) is 0.871. The average Bonchev–Trinajstić information content (AvgIpc) is 2.45. The van der Waals surface area contributed by atoms with Gasteiger partial charge in [0, 0.05) is 5.69 Å². The van der Waals surface area contributed by atoms with Gasteiger partial charge in [0.25, 0.3) is 0 Å². The number of nitrogen functional groups attached to an aromatic ring is 1. The molecular weight excluding hydrogens is 256 g/mol. The number of nitrogens with one attached hydrogen (secondary N) is 1. The van der Waals surface area contributed by atoms with Gasteiger partial charge in [0.1, 0.15) is 17.8 Å². The number of ether oxygens (including phenoxy) is 2. The fourth-order valence-corrected chi connectivity index (χ4v) is 1.76. The lowest BCUT2D eigenvalue weighted by atomic mass is 10.2. The van der Waals surface area contributed by atoms with Crippen LogP contribution in [0.3, 0.4) is 0 Å². The Kier molecular flexibility index (Phi) is 4.24. The molecule has 106 valence electrons. The normalized spacial score (nSPS) is 10.2. The number of nitrogens with two attached hydrogens (primary N) is 1. The van der Waals surface area contributed by atoms with Gasteiger partial charge in [0.05, 0.1) is 13.7 Å². The van der Waals surface area contributed by atoms with Crippen molar-refractivity contribution in [3.05, 3.63) is 30.1 Å². The summed E-state index contributed by atoms with van der Waals surface area (Å²) < 4.78 is 10.5. The van der Waals surface area contributed by atoms with Gasteiger partial charge in [0.15, 0.2) is 5.82 Å². The maximum absolute atomic E-state index is 5.99. The van der Waals surface area contributed by atoms with Crippen LogP contribution in [-0.4, -0.2) is 23.7 Å². The Bertz CT molecular complexity index is 602. The molecule has 3 N–H and O–H groups in total. The van der Waals surface area contributed by atoms with Gasteiger partial charge in [-0.2, -0.15) is 4.98 Å². The molecule has 0 radical (unpaired) electrons. The van der Waals surface area contributed by atoms with E-state index in [1.54, 1.807) is 7.11 Å². The summed E-state index contributed by atoms with van der Waals surface area (Å²) in [5.41, 5.74) is 8.31. The highest BCUT2D eigenvalue weighted by Crippen LogP contribution is 2.29. The first-order chi connectivity index (χ1) is 9.65. The molecule has 1 heterocycles. The van der Waals surface area contributed by atoms with Crippen molar-refractivity contribution >= 4 is 17.2 Å². The molecule has 1 aromatic heterocycles. The zero-order valence-electron chi connectivity index (χ0n) is 11.8. The maximum Gasteiger partial charge on any atom is 0.242 e. The van der Waals surface area contributed by atoms with E-state index in [9.17, 15) is 0 Å². The van der Waals surface area contributed by atoms with E-state index in [0.717, 1.165) is 17.0 Å². The van der Waals surface area contributed by atoms with Crippen molar-refractivity contribution in [1.29, 1.82) is 0 Å². The van der Waals surface area contributed by atoms with Crippen LogP contribution in [0.15, 0.2) is 24.5 Å². The molecule has 0 spiro atoms. The zero-order chi connectivity index (χ0) is 14.5. The van der Waals surface area contributed by atoms with Crippen LogP contribution in [-0.2, 0) is 0 Å². The number of aromatic nitrogens is 2. The number of aryl methyl sites for hydroxylation is 1. The summed E-state index contributed by atoms with van der Waals surface area (Å²) in [4.78, 5) is 8.14. The Balaban J connectivity index is 2.28. The van der Waals surface area contributed by atoms with Gasteiger partial charge in [-0.3, -0.25) is 0 Å². The Hall–Kier alpha value is -2.50. The smallest absolute Gasteiger partial charge is 0.242 e. The average molecular weight is 274 g/mol. The summed E-state index contributed by atoms with van der Waals surface area (Å²) in [6.45, 7) is 4.36. The molecule has 0 aliphatic heterocycles. The van der Waals surface area contributed by atoms with Crippen LogP contribution in [0.25, 0.3) is 0 Å².